The van der Waals surface area contributed by atoms with Crippen molar-refractivity contribution < 1.29 is 14.3 Å². The molecule has 0 saturated heterocycles. The van der Waals surface area contributed by atoms with Crippen LogP contribution in [0.2, 0.25) is 0 Å². The highest BCUT2D eigenvalue weighted by molar-refractivity contribution is 6.11. The smallest absolute Gasteiger partial charge is 0.361 e. The predicted molar refractivity (Wildman–Crippen MR) is 164 cm³/mol. The van der Waals surface area contributed by atoms with Gasteiger partial charge in [0.25, 0.3) is 0 Å². The SMILES string of the molecule is O=C(c1ccccc1)C(Cc1c([O-])ccc2ccccc12)c1cc(-c2ccccc2)[o+]c2ccc3ccccc3c12. The Bertz CT molecular complexity index is 2050. The lowest BCUT2D eigenvalue weighted by Crippen LogP contribution is -2.17. The lowest BCUT2D eigenvalue weighted by atomic mass is 9.81. The summed E-state index contributed by atoms with van der Waals surface area (Å²) in [5, 5.41) is 18.2. The van der Waals surface area contributed by atoms with Gasteiger partial charge in [0.1, 0.15) is 0 Å². The molecule has 1 aromatic heterocycles. The van der Waals surface area contributed by atoms with Gasteiger partial charge in [-0.2, -0.15) is 0 Å². The Balaban J connectivity index is 1.54. The minimum absolute atomic E-state index is 0.0302. The molecule has 0 saturated carbocycles. The fourth-order valence-corrected chi connectivity index (χ4v) is 5.89. The van der Waals surface area contributed by atoms with Crippen molar-refractivity contribution in [2.45, 2.75) is 12.3 Å². The van der Waals surface area contributed by atoms with Gasteiger partial charge >= 0.3 is 11.3 Å². The number of hydrogen-bond donors (Lipinski definition) is 0. The predicted octanol–water partition coefficient (Wildman–Crippen LogP) is 8.97. The average Bonchev–Trinajstić information content (AvgIpc) is 3.04. The van der Waals surface area contributed by atoms with Crippen LogP contribution in [0.3, 0.4) is 0 Å². The number of carbonyl (C=O) groups is 1. The monoisotopic (exact) mass is 530 g/mol. The highest BCUT2D eigenvalue weighted by Crippen LogP contribution is 2.40. The third kappa shape index (κ3) is 4.52. The number of rotatable bonds is 6. The van der Waals surface area contributed by atoms with E-state index in [0.717, 1.165) is 38.1 Å². The molecular formula is C38H26O3. The van der Waals surface area contributed by atoms with Gasteiger partial charge in [0.2, 0.25) is 0 Å². The quantitative estimate of drug-likeness (QED) is 0.122. The van der Waals surface area contributed by atoms with E-state index in [0.29, 0.717) is 22.5 Å². The standard InChI is InChI=1S/C38H26O3/c39-34-21-19-25-11-7-9-17-29(25)31(34)23-33(38(40)28-15-5-2-6-16-28)32-24-36(27-13-3-1-4-14-27)41-35-22-20-26-12-8-10-18-30(26)37(32)35/h1-22,24,33H,23H2. The molecule has 0 aliphatic heterocycles. The van der Waals surface area contributed by atoms with Crippen molar-refractivity contribution >= 4 is 38.3 Å². The van der Waals surface area contributed by atoms with Crippen LogP contribution in [-0.2, 0) is 6.42 Å². The van der Waals surface area contributed by atoms with Crippen molar-refractivity contribution in [1.29, 1.82) is 0 Å². The molecule has 1 atom stereocenters. The lowest BCUT2D eigenvalue weighted by molar-refractivity contribution is -0.269. The molecule has 0 aliphatic rings. The van der Waals surface area contributed by atoms with Crippen molar-refractivity contribution in [3.63, 3.8) is 0 Å². The Morgan fingerprint density at radius 3 is 2.02 bits per heavy atom. The summed E-state index contributed by atoms with van der Waals surface area (Å²) >= 11 is 0. The molecule has 0 aliphatic carbocycles. The fraction of sp³-hybridized carbons (Fsp3) is 0.0526. The first-order valence-corrected chi connectivity index (χ1v) is 13.8. The maximum Gasteiger partial charge on any atom is 0.361 e. The molecule has 0 amide bonds. The van der Waals surface area contributed by atoms with Gasteiger partial charge in [-0.3, -0.25) is 4.79 Å². The van der Waals surface area contributed by atoms with E-state index >= 15 is 0 Å². The molecule has 1 unspecified atom stereocenters. The minimum Gasteiger partial charge on any atom is -0.872 e. The number of benzene rings is 6. The topological polar surface area (TPSA) is 51.4 Å². The summed E-state index contributed by atoms with van der Waals surface area (Å²) in [6.45, 7) is 0. The Morgan fingerprint density at radius 2 is 1.27 bits per heavy atom. The van der Waals surface area contributed by atoms with E-state index in [1.807, 2.05) is 121 Å². The zero-order chi connectivity index (χ0) is 27.8. The van der Waals surface area contributed by atoms with E-state index in [1.54, 1.807) is 6.07 Å². The molecule has 0 radical (unpaired) electrons. The van der Waals surface area contributed by atoms with Gasteiger partial charge in [-0.1, -0.05) is 109 Å². The molecule has 0 fully saturated rings. The number of carbonyl (C=O) groups excluding carboxylic acids is 1. The number of hydrogen-bond acceptors (Lipinski definition) is 2. The second kappa shape index (κ2) is 10.4. The van der Waals surface area contributed by atoms with Gasteiger partial charge in [0, 0.05) is 17.7 Å². The second-order valence-corrected chi connectivity index (χ2v) is 10.3. The van der Waals surface area contributed by atoms with Crippen LogP contribution in [0, 0.1) is 0 Å². The van der Waals surface area contributed by atoms with E-state index in [9.17, 15) is 9.90 Å². The third-order valence-corrected chi connectivity index (χ3v) is 7.90. The van der Waals surface area contributed by atoms with Crippen LogP contribution >= 0.6 is 0 Å². The third-order valence-electron chi connectivity index (χ3n) is 7.90. The summed E-state index contributed by atoms with van der Waals surface area (Å²) in [5.41, 5.74) is 3.73. The highest BCUT2D eigenvalue weighted by Gasteiger charge is 2.31. The van der Waals surface area contributed by atoms with Gasteiger partial charge in [-0.25, -0.2) is 4.42 Å². The van der Waals surface area contributed by atoms with E-state index in [-0.39, 0.29) is 18.0 Å². The summed E-state index contributed by atoms with van der Waals surface area (Å²) < 4.78 is 6.50. The van der Waals surface area contributed by atoms with Crippen molar-refractivity contribution in [3.05, 3.63) is 156 Å². The maximum atomic E-state index is 14.5. The molecule has 7 aromatic rings. The van der Waals surface area contributed by atoms with E-state index < -0.39 is 5.92 Å². The molecule has 1 heterocycles. The lowest BCUT2D eigenvalue weighted by Gasteiger charge is -2.23. The minimum atomic E-state index is -0.622. The summed E-state index contributed by atoms with van der Waals surface area (Å²) in [6, 6.07) is 44.8. The molecule has 3 nitrogen and oxygen atoms in total. The maximum absolute atomic E-state index is 14.5. The molecule has 0 bridgehead atoms. The Kier molecular flexibility index (Phi) is 6.25. The van der Waals surface area contributed by atoms with E-state index in [2.05, 4.69) is 12.1 Å². The Morgan fingerprint density at radius 1 is 0.659 bits per heavy atom. The Hall–Kier alpha value is -5.28. The van der Waals surface area contributed by atoms with Crippen LogP contribution in [0.4, 0.5) is 0 Å². The van der Waals surface area contributed by atoms with E-state index in [1.165, 1.54) is 0 Å². The summed E-state index contributed by atoms with van der Waals surface area (Å²) in [7, 11) is 0. The van der Waals surface area contributed by atoms with Gasteiger partial charge < -0.3 is 5.11 Å². The van der Waals surface area contributed by atoms with Gasteiger partial charge in [-0.05, 0) is 57.3 Å². The number of Topliss-reactive ketones (excluding diaryl/α,β-unsaturated/α-hetero) is 1. The summed E-state index contributed by atoms with van der Waals surface area (Å²) in [4.78, 5) is 14.5. The molecule has 0 N–H and O–H groups in total. The average molecular weight is 531 g/mol. The van der Waals surface area contributed by atoms with Crippen LogP contribution in [0.25, 0.3) is 43.8 Å². The van der Waals surface area contributed by atoms with Gasteiger partial charge in [-0.15, -0.1) is 5.75 Å². The van der Waals surface area contributed by atoms with Crippen LogP contribution in [0.1, 0.15) is 27.4 Å². The molecule has 6 aromatic carbocycles. The first-order chi connectivity index (χ1) is 20.2. The molecule has 196 valence electrons. The van der Waals surface area contributed by atoms with Crippen LogP contribution in [-0.4, -0.2) is 5.78 Å². The largest absolute Gasteiger partial charge is 0.872 e. The fourth-order valence-electron chi connectivity index (χ4n) is 5.89. The number of fused-ring (bicyclic) bond motifs is 4. The molecular weight excluding hydrogens is 504 g/mol. The number of ketones is 1. The van der Waals surface area contributed by atoms with Crippen LogP contribution < -0.4 is 5.11 Å². The van der Waals surface area contributed by atoms with E-state index in [4.69, 9.17) is 4.42 Å². The summed E-state index contributed by atoms with van der Waals surface area (Å²) in [6.07, 6.45) is 0.268. The normalized spacial score (nSPS) is 12.1. The highest BCUT2D eigenvalue weighted by atomic mass is 16.3. The van der Waals surface area contributed by atoms with Gasteiger partial charge in [0.05, 0.1) is 16.9 Å². The molecule has 3 heteroatoms. The Labute approximate surface area is 238 Å². The zero-order valence-electron chi connectivity index (χ0n) is 22.3. The molecule has 7 rings (SSSR count). The van der Waals surface area contributed by atoms with Crippen LogP contribution in [0.15, 0.2) is 144 Å². The van der Waals surface area contributed by atoms with Crippen molar-refractivity contribution in [2.24, 2.45) is 0 Å². The molecule has 0 spiro atoms. The van der Waals surface area contributed by atoms with Gasteiger partial charge in [0.15, 0.2) is 5.78 Å². The van der Waals surface area contributed by atoms with Crippen LogP contribution in [0.5, 0.6) is 5.75 Å². The van der Waals surface area contributed by atoms with Crippen molar-refractivity contribution in [3.8, 4) is 17.1 Å². The summed E-state index contributed by atoms with van der Waals surface area (Å²) in [5.74, 6) is -0.0393. The first kappa shape index (κ1) is 24.7. The van der Waals surface area contributed by atoms with Crippen molar-refractivity contribution in [2.75, 3.05) is 0 Å². The van der Waals surface area contributed by atoms with Crippen molar-refractivity contribution in [1.82, 2.24) is 0 Å². The second-order valence-electron chi connectivity index (χ2n) is 10.3. The first-order valence-electron chi connectivity index (χ1n) is 13.8. The molecule has 41 heavy (non-hydrogen) atoms. The zero-order valence-corrected chi connectivity index (χ0v) is 22.3.